The van der Waals surface area contributed by atoms with Crippen LogP contribution in [0.5, 0.6) is 0 Å². The van der Waals surface area contributed by atoms with Gasteiger partial charge in [-0.2, -0.15) is 0 Å². The molecule has 10 heteroatoms. The Morgan fingerprint density at radius 3 is 2.61 bits per heavy atom. The van der Waals surface area contributed by atoms with E-state index in [0.29, 0.717) is 33.9 Å². The summed E-state index contributed by atoms with van der Waals surface area (Å²) >= 11 is 1.28. The number of anilines is 1. The maximum atomic E-state index is 14.8. The fourth-order valence-corrected chi connectivity index (χ4v) is 4.09. The van der Waals surface area contributed by atoms with Crippen LogP contribution >= 0.6 is 11.3 Å². The number of esters is 1. The van der Waals surface area contributed by atoms with Gasteiger partial charge < -0.3 is 20.5 Å². The van der Waals surface area contributed by atoms with Crippen LogP contribution in [-0.4, -0.2) is 48.6 Å². The first-order chi connectivity index (χ1) is 14.7. The summed E-state index contributed by atoms with van der Waals surface area (Å²) in [6.07, 6.45) is 0.835. The molecular formula is C21H21FN4O4S. The fourth-order valence-electron chi connectivity index (χ4n) is 3.07. The monoisotopic (exact) mass is 444 g/mol. The second kappa shape index (κ2) is 9.09. The Bertz CT molecular complexity index is 1180. The number of thiazole rings is 1. The third kappa shape index (κ3) is 4.80. The highest BCUT2D eigenvalue weighted by Gasteiger charge is 2.19. The molecule has 0 spiro atoms. The number of aromatic carboxylic acids is 1. The van der Waals surface area contributed by atoms with E-state index in [2.05, 4.69) is 9.72 Å². The number of aromatic nitrogens is 1. The van der Waals surface area contributed by atoms with Crippen molar-refractivity contribution in [2.24, 2.45) is 5.73 Å². The van der Waals surface area contributed by atoms with Gasteiger partial charge in [-0.05, 0) is 24.6 Å². The number of carbonyl (C=O) groups is 2. The molecule has 2 aromatic carbocycles. The average molecular weight is 444 g/mol. The molecule has 8 nitrogen and oxygen atoms in total. The second-order valence-corrected chi connectivity index (χ2v) is 7.89. The Balaban J connectivity index is 2.04. The summed E-state index contributed by atoms with van der Waals surface area (Å²) in [5, 5.41) is 17.6. The van der Waals surface area contributed by atoms with Gasteiger partial charge in [0.25, 0.3) is 0 Å². The molecule has 0 bridgehead atoms. The first kappa shape index (κ1) is 22.2. The first-order valence-electron chi connectivity index (χ1n) is 9.31. The summed E-state index contributed by atoms with van der Waals surface area (Å²) in [5.74, 6) is -2.32. The molecule has 0 fully saturated rings. The molecule has 0 atom stereocenters. The number of rotatable bonds is 8. The number of carbonyl (C=O) groups excluding carboxylic acids is 1. The van der Waals surface area contributed by atoms with Crippen LogP contribution in [0.4, 0.5) is 9.52 Å². The minimum atomic E-state index is -1.13. The van der Waals surface area contributed by atoms with E-state index in [1.165, 1.54) is 42.7 Å². The SMILES string of the molecule is COC(=O)CCCN(C)c1nc2c(-c3ccc(C(=N)N)cc3F)cc(C(=O)O)cc2s1. The second-order valence-electron chi connectivity index (χ2n) is 6.88. The van der Waals surface area contributed by atoms with Crippen molar-refractivity contribution in [3.8, 4) is 11.1 Å². The van der Waals surface area contributed by atoms with E-state index in [1.54, 1.807) is 0 Å². The van der Waals surface area contributed by atoms with Gasteiger partial charge >= 0.3 is 11.9 Å². The number of carboxylic acid groups (broad SMARTS) is 1. The molecule has 1 aromatic heterocycles. The number of nitrogen functional groups attached to an aromatic ring is 1. The number of carboxylic acids is 1. The van der Waals surface area contributed by atoms with E-state index in [0.717, 1.165) is 6.07 Å². The van der Waals surface area contributed by atoms with Crippen molar-refractivity contribution in [1.29, 1.82) is 5.41 Å². The predicted octanol–water partition coefficient (Wildman–Crippen LogP) is 3.47. The number of fused-ring (bicyclic) bond motifs is 1. The Morgan fingerprint density at radius 2 is 2.00 bits per heavy atom. The zero-order valence-electron chi connectivity index (χ0n) is 16.9. The quantitative estimate of drug-likeness (QED) is 0.275. The molecule has 3 rings (SSSR count). The Hall–Kier alpha value is -3.53. The molecule has 4 N–H and O–H groups in total. The maximum absolute atomic E-state index is 14.8. The van der Waals surface area contributed by atoms with Crippen molar-refractivity contribution in [2.75, 3.05) is 25.6 Å². The molecule has 3 aromatic rings. The molecule has 0 saturated carbocycles. The molecule has 31 heavy (non-hydrogen) atoms. The summed E-state index contributed by atoms with van der Waals surface area (Å²) in [7, 11) is 3.15. The van der Waals surface area contributed by atoms with Gasteiger partial charge in [0.1, 0.15) is 11.7 Å². The van der Waals surface area contributed by atoms with Crippen LogP contribution in [0.1, 0.15) is 28.8 Å². The highest BCUT2D eigenvalue weighted by molar-refractivity contribution is 7.22. The standard InChI is InChI=1S/C21H21FN4O4S/c1-26(7-3-4-17(27)30-2)21-25-18-14(8-12(20(28)29)10-16(18)31-21)13-6-5-11(19(23)24)9-15(13)22/h5-6,8-10H,3-4,7H2,1-2H3,(H3,23,24)(H,28,29). The van der Waals surface area contributed by atoms with Crippen molar-refractivity contribution in [3.63, 3.8) is 0 Å². The highest BCUT2D eigenvalue weighted by Crippen LogP contribution is 2.37. The molecular weight excluding hydrogens is 423 g/mol. The fraction of sp³-hybridized carbons (Fsp3) is 0.238. The smallest absolute Gasteiger partial charge is 0.335 e. The van der Waals surface area contributed by atoms with Gasteiger partial charge in [0.05, 0.1) is 22.9 Å². The number of hydrogen-bond donors (Lipinski definition) is 3. The van der Waals surface area contributed by atoms with Crippen molar-refractivity contribution in [1.82, 2.24) is 4.98 Å². The zero-order valence-corrected chi connectivity index (χ0v) is 17.8. The lowest BCUT2D eigenvalue weighted by atomic mass is 9.99. The topological polar surface area (TPSA) is 130 Å². The minimum absolute atomic E-state index is 0.0149. The van der Waals surface area contributed by atoms with Gasteiger partial charge in [0.15, 0.2) is 5.13 Å². The van der Waals surface area contributed by atoms with Crippen molar-refractivity contribution in [2.45, 2.75) is 12.8 Å². The number of nitrogens with two attached hydrogens (primary N) is 1. The number of hydrogen-bond acceptors (Lipinski definition) is 7. The molecule has 0 saturated heterocycles. The van der Waals surface area contributed by atoms with Crippen LogP contribution in [0.15, 0.2) is 30.3 Å². The van der Waals surface area contributed by atoms with Gasteiger partial charge in [-0.3, -0.25) is 10.2 Å². The molecule has 0 radical (unpaired) electrons. The van der Waals surface area contributed by atoms with Crippen molar-refractivity contribution >= 4 is 44.5 Å². The van der Waals surface area contributed by atoms with E-state index in [9.17, 15) is 19.1 Å². The lowest BCUT2D eigenvalue weighted by Crippen LogP contribution is -2.19. The molecule has 1 heterocycles. The number of methoxy groups -OCH3 is 1. The number of halogens is 1. The van der Waals surface area contributed by atoms with Crippen LogP contribution in [0.25, 0.3) is 21.3 Å². The van der Waals surface area contributed by atoms with Gasteiger partial charge in [-0.15, -0.1) is 0 Å². The van der Waals surface area contributed by atoms with Crippen LogP contribution in [0.3, 0.4) is 0 Å². The van der Waals surface area contributed by atoms with Crippen molar-refractivity contribution < 1.29 is 23.8 Å². The van der Waals surface area contributed by atoms with Crippen molar-refractivity contribution in [3.05, 3.63) is 47.3 Å². The summed E-state index contributed by atoms with van der Waals surface area (Å²) in [6, 6.07) is 7.00. The average Bonchev–Trinajstić information content (AvgIpc) is 3.17. The first-order valence-corrected chi connectivity index (χ1v) is 10.1. The molecule has 162 valence electrons. The van der Waals surface area contributed by atoms with E-state index >= 15 is 0 Å². The summed E-state index contributed by atoms with van der Waals surface area (Å²) in [5.41, 5.74) is 6.65. The van der Waals surface area contributed by atoms with Gasteiger partial charge in [-0.25, -0.2) is 14.2 Å². The van der Waals surface area contributed by atoms with E-state index in [4.69, 9.17) is 11.1 Å². The minimum Gasteiger partial charge on any atom is -0.478 e. The zero-order chi connectivity index (χ0) is 22.7. The van der Waals surface area contributed by atoms with Crippen LogP contribution < -0.4 is 10.6 Å². The molecule has 0 amide bonds. The molecule has 0 aliphatic heterocycles. The summed E-state index contributed by atoms with van der Waals surface area (Å²) < 4.78 is 20.1. The van der Waals surface area contributed by atoms with E-state index < -0.39 is 11.8 Å². The summed E-state index contributed by atoms with van der Waals surface area (Å²) in [6.45, 7) is 0.539. The van der Waals surface area contributed by atoms with Gasteiger partial charge in [0, 0.05) is 36.7 Å². The Morgan fingerprint density at radius 1 is 1.26 bits per heavy atom. The highest BCUT2D eigenvalue weighted by atomic mass is 32.1. The molecule has 0 unspecified atom stereocenters. The van der Waals surface area contributed by atoms with Gasteiger partial charge in [0.2, 0.25) is 0 Å². The Kier molecular flexibility index (Phi) is 6.50. The largest absolute Gasteiger partial charge is 0.478 e. The third-order valence-corrected chi connectivity index (χ3v) is 5.85. The number of nitrogens with zero attached hydrogens (tertiary/aromatic N) is 2. The number of ether oxygens (including phenoxy) is 1. The third-order valence-electron chi connectivity index (χ3n) is 4.73. The predicted molar refractivity (Wildman–Crippen MR) is 118 cm³/mol. The van der Waals surface area contributed by atoms with Crippen LogP contribution in [0, 0.1) is 11.2 Å². The molecule has 0 aliphatic carbocycles. The van der Waals surface area contributed by atoms with Crippen LogP contribution in [-0.2, 0) is 9.53 Å². The number of benzene rings is 2. The van der Waals surface area contributed by atoms with Crippen LogP contribution in [0.2, 0.25) is 0 Å². The van der Waals surface area contributed by atoms with E-state index in [1.807, 2.05) is 11.9 Å². The van der Waals surface area contributed by atoms with Gasteiger partial charge in [-0.1, -0.05) is 23.5 Å². The maximum Gasteiger partial charge on any atom is 0.335 e. The number of nitrogens with one attached hydrogen (secondary N) is 1. The van der Waals surface area contributed by atoms with E-state index in [-0.39, 0.29) is 34.9 Å². The Labute approximate surface area is 181 Å². The number of amidine groups is 1. The normalized spacial score (nSPS) is 10.8. The lowest BCUT2D eigenvalue weighted by molar-refractivity contribution is -0.140. The summed E-state index contributed by atoms with van der Waals surface area (Å²) in [4.78, 5) is 29.4. The lowest BCUT2D eigenvalue weighted by Gasteiger charge is -2.14. The molecule has 0 aliphatic rings.